The normalized spacial score (nSPS) is 14.4. The van der Waals surface area contributed by atoms with Crippen molar-refractivity contribution >= 4 is 34.8 Å². The second kappa shape index (κ2) is 9.77. The van der Waals surface area contributed by atoms with E-state index in [0.717, 1.165) is 0 Å². The minimum absolute atomic E-state index is 0.0406. The van der Waals surface area contributed by atoms with Gasteiger partial charge in [0.1, 0.15) is 0 Å². The Morgan fingerprint density at radius 1 is 0.710 bits per heavy atom. The van der Waals surface area contributed by atoms with Crippen LogP contribution in [0, 0.1) is 5.41 Å². The van der Waals surface area contributed by atoms with Crippen LogP contribution in [-0.2, 0) is 11.0 Å². The molecule has 164 valence electrons. The number of hydrogen-bond donors (Lipinski definition) is 1. The van der Waals surface area contributed by atoms with Crippen LogP contribution in [0.25, 0.3) is 0 Å². The Hall–Kier alpha value is -1.80. The van der Waals surface area contributed by atoms with E-state index in [1.54, 1.807) is 0 Å². The molecule has 31 heavy (non-hydrogen) atoms. The molecule has 0 saturated heterocycles. The lowest BCUT2D eigenvalue weighted by Gasteiger charge is -2.36. The first-order valence-electron chi connectivity index (χ1n) is 10.8. The lowest BCUT2D eigenvalue weighted by molar-refractivity contribution is 0.308. The van der Waals surface area contributed by atoms with E-state index in [2.05, 4.69) is 110 Å². The second-order valence-corrected chi connectivity index (χ2v) is 14.0. The van der Waals surface area contributed by atoms with Crippen LogP contribution in [0.15, 0.2) is 84.9 Å². The fraction of sp³-hybridized carbons (Fsp3) is 0.333. The van der Waals surface area contributed by atoms with Crippen molar-refractivity contribution in [2.45, 2.75) is 52.3 Å². The Labute approximate surface area is 191 Å². The third kappa shape index (κ3) is 5.92. The standard InChI is InChI=1S/C27H34NOPS/c1-26(2,3)25(28-31(29)27(4,5)6)23-19-13-14-20-24(23)30(21-15-9-7-10-16-21)22-17-11-8-12-18-22/h7-20,25,28H,1-6H3/t25-,31-/m1/s1. The van der Waals surface area contributed by atoms with Crippen molar-refractivity contribution in [3.63, 3.8) is 0 Å². The molecule has 2 nitrogen and oxygen atoms in total. The minimum atomic E-state index is -1.17. The van der Waals surface area contributed by atoms with Crippen LogP contribution in [-0.4, -0.2) is 8.96 Å². The molecule has 0 fully saturated rings. The molecule has 2 atom stereocenters. The summed E-state index contributed by atoms with van der Waals surface area (Å²) >= 11 is 0. The molecular weight excluding hydrogens is 417 g/mol. The molecule has 0 heterocycles. The number of hydrogen-bond acceptors (Lipinski definition) is 1. The molecular formula is C27H34NOPS. The average molecular weight is 452 g/mol. The Balaban J connectivity index is 2.18. The fourth-order valence-electron chi connectivity index (χ4n) is 3.51. The molecule has 0 amide bonds. The van der Waals surface area contributed by atoms with E-state index in [9.17, 15) is 4.21 Å². The lowest BCUT2D eigenvalue weighted by atomic mass is 9.83. The third-order valence-electron chi connectivity index (χ3n) is 5.16. The van der Waals surface area contributed by atoms with E-state index in [4.69, 9.17) is 0 Å². The first kappa shape index (κ1) is 23.9. The van der Waals surface area contributed by atoms with Gasteiger partial charge in [0.05, 0.1) is 15.7 Å². The Kier molecular flexibility index (Phi) is 7.52. The first-order chi connectivity index (χ1) is 14.6. The Bertz CT molecular complexity index is 967. The second-order valence-electron chi connectivity index (χ2n) is 9.86. The highest BCUT2D eigenvalue weighted by atomic mass is 32.2. The van der Waals surface area contributed by atoms with E-state index in [0.29, 0.717) is 0 Å². The van der Waals surface area contributed by atoms with Gasteiger partial charge in [-0.3, -0.25) is 0 Å². The summed E-state index contributed by atoms with van der Waals surface area (Å²) in [6.45, 7) is 12.7. The average Bonchev–Trinajstić information content (AvgIpc) is 2.73. The van der Waals surface area contributed by atoms with Gasteiger partial charge in [-0.25, -0.2) is 8.93 Å². The maximum atomic E-state index is 13.1. The molecule has 0 aliphatic heterocycles. The van der Waals surface area contributed by atoms with E-state index in [1.165, 1.54) is 21.5 Å². The molecule has 0 unspecified atom stereocenters. The van der Waals surface area contributed by atoms with Crippen LogP contribution in [0.2, 0.25) is 0 Å². The Morgan fingerprint density at radius 3 is 1.61 bits per heavy atom. The molecule has 0 saturated carbocycles. The molecule has 0 aromatic heterocycles. The summed E-state index contributed by atoms with van der Waals surface area (Å²) in [5.74, 6) is 0. The van der Waals surface area contributed by atoms with Crippen molar-refractivity contribution in [1.82, 2.24) is 4.72 Å². The molecule has 4 heteroatoms. The summed E-state index contributed by atoms with van der Waals surface area (Å²) in [5, 5.41) is 3.95. The fourth-order valence-corrected chi connectivity index (χ4v) is 7.05. The van der Waals surface area contributed by atoms with Crippen molar-refractivity contribution in [2.75, 3.05) is 0 Å². The van der Waals surface area contributed by atoms with Crippen molar-refractivity contribution in [1.29, 1.82) is 0 Å². The summed E-state index contributed by atoms with van der Waals surface area (Å²) < 4.78 is 16.3. The van der Waals surface area contributed by atoms with Gasteiger partial charge in [-0.2, -0.15) is 0 Å². The largest absolute Gasteiger partial charge is 0.242 e. The van der Waals surface area contributed by atoms with Crippen LogP contribution in [0.4, 0.5) is 0 Å². The molecule has 3 rings (SSSR count). The van der Waals surface area contributed by atoms with Crippen LogP contribution >= 0.6 is 7.92 Å². The van der Waals surface area contributed by atoms with Crippen molar-refractivity contribution in [3.05, 3.63) is 90.5 Å². The van der Waals surface area contributed by atoms with Crippen LogP contribution < -0.4 is 20.6 Å². The van der Waals surface area contributed by atoms with E-state index in [-0.39, 0.29) is 16.2 Å². The number of benzene rings is 3. The summed E-state index contributed by atoms with van der Waals surface area (Å²) in [5.41, 5.74) is 1.12. The number of nitrogens with one attached hydrogen (secondary N) is 1. The quantitative estimate of drug-likeness (QED) is 0.487. The molecule has 0 bridgehead atoms. The van der Waals surface area contributed by atoms with E-state index < -0.39 is 18.9 Å². The molecule has 0 aliphatic rings. The predicted molar refractivity (Wildman–Crippen MR) is 138 cm³/mol. The topological polar surface area (TPSA) is 29.1 Å². The minimum Gasteiger partial charge on any atom is -0.242 e. The smallest absolute Gasteiger partial charge is 0.0976 e. The van der Waals surface area contributed by atoms with Gasteiger partial charge in [0.2, 0.25) is 0 Å². The van der Waals surface area contributed by atoms with Crippen LogP contribution in [0.5, 0.6) is 0 Å². The van der Waals surface area contributed by atoms with Gasteiger partial charge < -0.3 is 0 Å². The van der Waals surface area contributed by atoms with Crippen LogP contribution in [0.3, 0.4) is 0 Å². The molecule has 1 N–H and O–H groups in total. The highest BCUT2D eigenvalue weighted by Crippen LogP contribution is 2.40. The zero-order chi connectivity index (χ0) is 22.6. The maximum Gasteiger partial charge on any atom is 0.0976 e. The Morgan fingerprint density at radius 2 is 1.16 bits per heavy atom. The van der Waals surface area contributed by atoms with Gasteiger partial charge in [-0.05, 0) is 55.6 Å². The zero-order valence-corrected chi connectivity index (χ0v) is 21.1. The van der Waals surface area contributed by atoms with Gasteiger partial charge in [0, 0.05) is 6.04 Å². The van der Waals surface area contributed by atoms with Gasteiger partial charge in [0.25, 0.3) is 0 Å². The van der Waals surface area contributed by atoms with E-state index in [1.807, 2.05) is 20.8 Å². The molecule has 3 aromatic rings. The summed E-state index contributed by atoms with van der Waals surface area (Å²) in [6, 6.07) is 30.1. The third-order valence-corrected chi connectivity index (χ3v) is 9.24. The SMILES string of the molecule is CC(C)(C)[C@H](N[S@](=O)C(C)(C)C)c1ccccc1P(c1ccccc1)c1ccccc1. The molecule has 0 aliphatic carbocycles. The molecule has 0 spiro atoms. The van der Waals surface area contributed by atoms with Gasteiger partial charge in [-0.15, -0.1) is 0 Å². The first-order valence-corrected chi connectivity index (χ1v) is 13.3. The summed E-state index contributed by atoms with van der Waals surface area (Å²) in [6.07, 6.45) is 0. The van der Waals surface area contributed by atoms with Gasteiger partial charge >= 0.3 is 0 Å². The zero-order valence-electron chi connectivity index (χ0n) is 19.4. The maximum absolute atomic E-state index is 13.1. The van der Waals surface area contributed by atoms with Crippen molar-refractivity contribution in [2.24, 2.45) is 5.41 Å². The highest BCUT2D eigenvalue weighted by molar-refractivity contribution is 7.84. The number of rotatable bonds is 6. The molecule has 3 aromatic carbocycles. The van der Waals surface area contributed by atoms with Crippen LogP contribution in [0.1, 0.15) is 53.1 Å². The van der Waals surface area contributed by atoms with E-state index >= 15 is 0 Å². The monoisotopic (exact) mass is 451 g/mol. The van der Waals surface area contributed by atoms with Gasteiger partial charge in [-0.1, -0.05) is 106 Å². The van der Waals surface area contributed by atoms with Crippen molar-refractivity contribution < 1.29 is 4.21 Å². The summed E-state index contributed by atoms with van der Waals surface area (Å²) in [7, 11) is -1.91. The highest BCUT2D eigenvalue weighted by Gasteiger charge is 2.34. The van der Waals surface area contributed by atoms with Crippen molar-refractivity contribution in [3.8, 4) is 0 Å². The lowest BCUT2D eigenvalue weighted by Crippen LogP contribution is -2.42. The van der Waals surface area contributed by atoms with Gasteiger partial charge in [0.15, 0.2) is 0 Å². The molecule has 0 radical (unpaired) electrons. The summed E-state index contributed by atoms with van der Waals surface area (Å²) in [4.78, 5) is 0. The predicted octanol–water partition coefficient (Wildman–Crippen LogP) is 5.58.